The molecule has 0 amide bonds. The third kappa shape index (κ3) is 4.72. The van der Waals surface area contributed by atoms with Gasteiger partial charge < -0.3 is 20.1 Å². The molecular formula is C16H25N3O2. The minimum atomic E-state index is -0.234. The zero-order chi connectivity index (χ0) is 15.1. The number of ether oxygens (including phenoxy) is 1. The van der Waals surface area contributed by atoms with Gasteiger partial charge in [-0.05, 0) is 24.5 Å². The standard InChI is InChI=1S/C16H25N3O2/c1-3-17-16(19-9-8-15(20)11-19)18-10-13-4-6-14(7-5-13)12-21-2/h4-7,15,20H,3,8-12H2,1-2H3,(H,17,18)/t15-/m1/s1. The number of benzene rings is 1. The van der Waals surface area contributed by atoms with Crippen molar-refractivity contribution in [3.8, 4) is 0 Å². The summed E-state index contributed by atoms with van der Waals surface area (Å²) in [7, 11) is 1.70. The van der Waals surface area contributed by atoms with E-state index in [0.717, 1.165) is 25.5 Å². The second-order valence-corrected chi connectivity index (χ2v) is 5.31. The Kier molecular flexibility index (Phi) is 6.02. The van der Waals surface area contributed by atoms with Gasteiger partial charge in [-0.15, -0.1) is 0 Å². The topological polar surface area (TPSA) is 57.1 Å². The van der Waals surface area contributed by atoms with Crippen molar-refractivity contribution in [1.29, 1.82) is 0 Å². The van der Waals surface area contributed by atoms with E-state index >= 15 is 0 Å². The van der Waals surface area contributed by atoms with Gasteiger partial charge in [-0.1, -0.05) is 24.3 Å². The zero-order valence-corrected chi connectivity index (χ0v) is 12.9. The average molecular weight is 291 g/mol. The van der Waals surface area contributed by atoms with Gasteiger partial charge in [-0.3, -0.25) is 0 Å². The number of aliphatic hydroxyl groups is 1. The summed E-state index contributed by atoms with van der Waals surface area (Å²) in [5.41, 5.74) is 2.34. The predicted octanol–water partition coefficient (Wildman–Crippen LogP) is 1.37. The van der Waals surface area contributed by atoms with Gasteiger partial charge in [-0.25, -0.2) is 4.99 Å². The number of methoxy groups -OCH3 is 1. The lowest BCUT2D eigenvalue weighted by atomic mass is 10.1. The molecule has 1 aromatic carbocycles. The van der Waals surface area contributed by atoms with E-state index in [9.17, 15) is 5.11 Å². The van der Waals surface area contributed by atoms with Crippen molar-refractivity contribution in [2.75, 3.05) is 26.7 Å². The molecule has 1 atom stereocenters. The zero-order valence-electron chi connectivity index (χ0n) is 12.9. The molecule has 0 aliphatic carbocycles. The minimum Gasteiger partial charge on any atom is -0.391 e. The fourth-order valence-corrected chi connectivity index (χ4v) is 2.43. The Hall–Kier alpha value is -1.59. The third-order valence-electron chi connectivity index (χ3n) is 3.54. The van der Waals surface area contributed by atoms with E-state index in [-0.39, 0.29) is 6.10 Å². The molecule has 0 bridgehead atoms. The van der Waals surface area contributed by atoms with Crippen LogP contribution in [0.5, 0.6) is 0 Å². The number of nitrogens with one attached hydrogen (secondary N) is 1. The molecule has 5 heteroatoms. The van der Waals surface area contributed by atoms with E-state index in [1.165, 1.54) is 11.1 Å². The second-order valence-electron chi connectivity index (χ2n) is 5.31. The van der Waals surface area contributed by atoms with Crippen LogP contribution in [0.4, 0.5) is 0 Å². The van der Waals surface area contributed by atoms with Crippen LogP contribution in [0.3, 0.4) is 0 Å². The van der Waals surface area contributed by atoms with Crippen molar-refractivity contribution in [1.82, 2.24) is 10.2 Å². The largest absolute Gasteiger partial charge is 0.391 e. The first-order valence-electron chi connectivity index (χ1n) is 7.51. The van der Waals surface area contributed by atoms with Crippen LogP contribution in [-0.4, -0.2) is 48.8 Å². The fourth-order valence-electron chi connectivity index (χ4n) is 2.43. The average Bonchev–Trinajstić information content (AvgIpc) is 2.92. The molecule has 21 heavy (non-hydrogen) atoms. The van der Waals surface area contributed by atoms with Gasteiger partial charge in [0.05, 0.1) is 19.3 Å². The maximum Gasteiger partial charge on any atom is 0.194 e. The number of β-amino-alcohol motifs (C(OH)–C–C–N with tert-alkyl or cyclic N) is 1. The highest BCUT2D eigenvalue weighted by Gasteiger charge is 2.22. The van der Waals surface area contributed by atoms with E-state index in [1.54, 1.807) is 7.11 Å². The van der Waals surface area contributed by atoms with E-state index in [1.807, 2.05) is 0 Å². The van der Waals surface area contributed by atoms with Crippen LogP contribution in [0, 0.1) is 0 Å². The summed E-state index contributed by atoms with van der Waals surface area (Å²) in [6.45, 7) is 5.69. The van der Waals surface area contributed by atoms with Gasteiger partial charge in [0.25, 0.3) is 0 Å². The first kappa shape index (κ1) is 15.8. The first-order chi connectivity index (χ1) is 10.2. The molecule has 1 aliphatic rings. The monoisotopic (exact) mass is 291 g/mol. The lowest BCUT2D eigenvalue weighted by Gasteiger charge is -2.20. The van der Waals surface area contributed by atoms with Crippen LogP contribution in [0.15, 0.2) is 29.3 Å². The van der Waals surface area contributed by atoms with Crippen molar-refractivity contribution in [2.45, 2.75) is 32.6 Å². The lowest BCUT2D eigenvalue weighted by Crippen LogP contribution is -2.40. The smallest absolute Gasteiger partial charge is 0.194 e. The number of nitrogens with zero attached hydrogens (tertiary/aromatic N) is 2. The van der Waals surface area contributed by atoms with Gasteiger partial charge in [-0.2, -0.15) is 0 Å². The molecule has 5 nitrogen and oxygen atoms in total. The maximum absolute atomic E-state index is 9.65. The van der Waals surface area contributed by atoms with E-state index < -0.39 is 0 Å². The Morgan fingerprint density at radius 2 is 2.10 bits per heavy atom. The molecule has 1 aliphatic heterocycles. The molecule has 1 heterocycles. The van der Waals surface area contributed by atoms with Crippen LogP contribution in [-0.2, 0) is 17.9 Å². The first-order valence-corrected chi connectivity index (χ1v) is 7.51. The summed E-state index contributed by atoms with van der Waals surface area (Å²) in [5, 5.41) is 12.9. The molecule has 0 saturated carbocycles. The van der Waals surface area contributed by atoms with Crippen molar-refractivity contribution < 1.29 is 9.84 Å². The number of hydrogen-bond donors (Lipinski definition) is 2. The van der Waals surface area contributed by atoms with Gasteiger partial charge >= 0.3 is 0 Å². The molecule has 1 fully saturated rings. The van der Waals surface area contributed by atoms with Crippen molar-refractivity contribution in [3.05, 3.63) is 35.4 Å². The van der Waals surface area contributed by atoms with Crippen LogP contribution in [0.1, 0.15) is 24.5 Å². The van der Waals surface area contributed by atoms with E-state index in [2.05, 4.69) is 46.4 Å². The number of guanidine groups is 1. The number of aliphatic imine (C=N–C) groups is 1. The molecular weight excluding hydrogens is 266 g/mol. The quantitative estimate of drug-likeness (QED) is 0.635. The summed E-state index contributed by atoms with van der Waals surface area (Å²) in [6.07, 6.45) is 0.582. The highest BCUT2D eigenvalue weighted by Crippen LogP contribution is 2.11. The van der Waals surface area contributed by atoms with Gasteiger partial charge in [0.15, 0.2) is 5.96 Å². The number of likely N-dealkylation sites (tertiary alicyclic amines) is 1. The molecule has 116 valence electrons. The summed E-state index contributed by atoms with van der Waals surface area (Å²) in [5.74, 6) is 0.884. The fraction of sp³-hybridized carbons (Fsp3) is 0.562. The Labute approximate surface area is 126 Å². The van der Waals surface area contributed by atoms with Crippen LogP contribution in [0.25, 0.3) is 0 Å². The van der Waals surface area contributed by atoms with E-state index in [4.69, 9.17) is 4.74 Å². The molecule has 1 aromatic rings. The highest BCUT2D eigenvalue weighted by atomic mass is 16.5. The van der Waals surface area contributed by atoms with Crippen molar-refractivity contribution in [3.63, 3.8) is 0 Å². The molecule has 0 aromatic heterocycles. The maximum atomic E-state index is 9.65. The molecule has 2 N–H and O–H groups in total. The predicted molar refractivity (Wildman–Crippen MR) is 84.2 cm³/mol. The van der Waals surface area contributed by atoms with Gasteiger partial charge in [0, 0.05) is 26.7 Å². The Bertz CT molecular complexity index is 459. The van der Waals surface area contributed by atoms with Gasteiger partial charge in [0.1, 0.15) is 0 Å². The van der Waals surface area contributed by atoms with Gasteiger partial charge in [0.2, 0.25) is 0 Å². The summed E-state index contributed by atoms with van der Waals surface area (Å²) in [4.78, 5) is 6.78. The number of aliphatic hydroxyl groups excluding tert-OH is 1. The normalized spacial score (nSPS) is 19.1. The molecule has 1 saturated heterocycles. The third-order valence-corrected chi connectivity index (χ3v) is 3.54. The summed E-state index contributed by atoms with van der Waals surface area (Å²) >= 11 is 0. The van der Waals surface area contributed by atoms with Crippen LogP contribution >= 0.6 is 0 Å². The Morgan fingerprint density at radius 3 is 2.67 bits per heavy atom. The van der Waals surface area contributed by atoms with E-state index in [0.29, 0.717) is 19.7 Å². The second kappa shape index (κ2) is 8.00. The SMILES string of the molecule is CCNC(=NCc1ccc(COC)cc1)N1CC[C@@H](O)C1. The van der Waals surface area contributed by atoms with Crippen LogP contribution in [0.2, 0.25) is 0 Å². The Morgan fingerprint density at radius 1 is 1.38 bits per heavy atom. The lowest BCUT2D eigenvalue weighted by molar-refractivity contribution is 0.185. The Balaban J connectivity index is 1.98. The minimum absolute atomic E-state index is 0.234. The molecule has 0 radical (unpaired) electrons. The molecule has 0 spiro atoms. The summed E-state index contributed by atoms with van der Waals surface area (Å²) < 4.78 is 5.11. The van der Waals surface area contributed by atoms with Crippen molar-refractivity contribution in [2.24, 2.45) is 4.99 Å². The number of hydrogen-bond acceptors (Lipinski definition) is 3. The summed E-state index contributed by atoms with van der Waals surface area (Å²) in [6, 6.07) is 8.31. The molecule has 2 rings (SSSR count). The number of rotatable bonds is 5. The van der Waals surface area contributed by atoms with Crippen molar-refractivity contribution >= 4 is 5.96 Å². The molecule has 0 unspecified atom stereocenters. The highest BCUT2D eigenvalue weighted by molar-refractivity contribution is 5.80. The van der Waals surface area contributed by atoms with Crippen LogP contribution < -0.4 is 5.32 Å².